The quantitative estimate of drug-likeness (QED) is 0.181. The Morgan fingerprint density at radius 3 is 2.12 bits per heavy atom. The summed E-state index contributed by atoms with van der Waals surface area (Å²) in [5, 5.41) is 13.4. The Hall–Kier alpha value is -4.49. The van der Waals surface area contributed by atoms with E-state index in [0.717, 1.165) is 12.8 Å². The number of nitrogens with one attached hydrogen (secondary N) is 5. The van der Waals surface area contributed by atoms with Gasteiger partial charge in [0.25, 0.3) is 5.91 Å². The standard InChI is InChI=1S/C37H55N7O7/c1-20(2)27(41-35(51)42-36(3,4)5)34(50)44-19-23-26(37(23,6)7)29(44)31(47)39-24(17-21-15-16-21)30(46)32(48)38-18-25(45)40-28(33(49)43(8)9)22-13-11-10-12-14-22/h10-14,20-21,23-24,26-29H,15-19H2,1-9H3,(H,38,48)(H,39,47)(H,40,45)(H2,41,42,51)/t23-,24?,26?,27-,28-,29-/m0/s1. The normalized spacial score (nSPS) is 22.1. The number of benzene rings is 1. The summed E-state index contributed by atoms with van der Waals surface area (Å²) in [4.78, 5) is 96.1. The monoisotopic (exact) mass is 709 g/mol. The van der Waals surface area contributed by atoms with Gasteiger partial charge in [-0.15, -0.1) is 0 Å². The number of Topliss-reactive ketones (excluding diaryl/α,β-unsaturated/α-hetero) is 1. The summed E-state index contributed by atoms with van der Waals surface area (Å²) in [7, 11) is 3.13. The van der Waals surface area contributed by atoms with Gasteiger partial charge in [-0.1, -0.05) is 70.9 Å². The molecular weight excluding hydrogens is 654 g/mol. The fourth-order valence-corrected chi connectivity index (χ4v) is 7.01. The summed E-state index contributed by atoms with van der Waals surface area (Å²) in [6.45, 7) is 13.0. The molecule has 6 atom stereocenters. The summed E-state index contributed by atoms with van der Waals surface area (Å²) >= 11 is 0. The van der Waals surface area contributed by atoms with E-state index in [9.17, 15) is 33.6 Å². The fraction of sp³-hybridized carbons (Fsp3) is 0.649. The van der Waals surface area contributed by atoms with E-state index in [1.165, 1.54) is 9.80 Å². The first-order chi connectivity index (χ1) is 23.7. The lowest BCUT2D eigenvalue weighted by atomic mass is 9.96. The maximum Gasteiger partial charge on any atom is 0.315 e. The summed E-state index contributed by atoms with van der Waals surface area (Å²) < 4.78 is 0. The third kappa shape index (κ3) is 9.65. The maximum atomic E-state index is 14.1. The number of nitrogens with zero attached hydrogens (tertiary/aromatic N) is 2. The Bertz CT molecular complexity index is 1520. The molecule has 2 aliphatic carbocycles. The molecule has 7 amide bonds. The molecule has 14 nitrogen and oxygen atoms in total. The Morgan fingerprint density at radius 2 is 1.57 bits per heavy atom. The molecule has 2 unspecified atom stereocenters. The van der Waals surface area contributed by atoms with Gasteiger partial charge in [0.2, 0.25) is 29.4 Å². The number of piperidine rings is 1. The number of likely N-dealkylation sites (N-methyl/N-ethyl adjacent to an activating group) is 1. The highest BCUT2D eigenvalue weighted by molar-refractivity contribution is 6.38. The second-order valence-electron chi connectivity index (χ2n) is 16.4. The third-order valence-electron chi connectivity index (χ3n) is 10.1. The van der Waals surface area contributed by atoms with Crippen LogP contribution in [0.15, 0.2) is 30.3 Å². The van der Waals surface area contributed by atoms with Crippen LogP contribution in [0.5, 0.6) is 0 Å². The Labute approximate surface area is 300 Å². The van der Waals surface area contributed by atoms with Crippen molar-refractivity contribution in [3.8, 4) is 0 Å². The number of carbonyl (C=O) groups is 7. The van der Waals surface area contributed by atoms with Crippen LogP contribution < -0.4 is 26.6 Å². The van der Waals surface area contributed by atoms with Crippen LogP contribution in [0.2, 0.25) is 0 Å². The van der Waals surface area contributed by atoms with Crippen molar-refractivity contribution in [2.24, 2.45) is 29.1 Å². The highest BCUT2D eigenvalue weighted by Crippen LogP contribution is 2.65. The van der Waals surface area contributed by atoms with Crippen LogP contribution in [0.1, 0.15) is 79.3 Å². The lowest BCUT2D eigenvalue weighted by molar-refractivity contribution is -0.144. The SMILES string of the molecule is CC(C)[C@H](NC(=O)NC(C)(C)C)C(=O)N1C[C@H]2C([C@H]1C(=O)NC(CC1CC1)C(=O)C(=O)NCC(=O)N[C@H](C(=O)N(C)C)c1ccccc1)C2(C)C. The Balaban J connectivity index is 1.44. The maximum absolute atomic E-state index is 14.1. The van der Waals surface area contributed by atoms with Gasteiger partial charge in [-0.3, -0.25) is 28.8 Å². The number of hydrogen-bond donors (Lipinski definition) is 5. The molecule has 1 aliphatic heterocycles. The molecule has 3 fully saturated rings. The van der Waals surface area contributed by atoms with Crippen LogP contribution in [0, 0.1) is 29.1 Å². The van der Waals surface area contributed by atoms with E-state index < -0.39 is 65.8 Å². The van der Waals surface area contributed by atoms with Crippen molar-refractivity contribution in [2.75, 3.05) is 27.2 Å². The lowest BCUT2D eigenvalue weighted by Crippen LogP contribution is -2.60. The lowest BCUT2D eigenvalue weighted by Gasteiger charge is -2.35. The van der Waals surface area contributed by atoms with Crippen LogP contribution in [0.4, 0.5) is 4.79 Å². The van der Waals surface area contributed by atoms with Gasteiger partial charge >= 0.3 is 6.03 Å². The van der Waals surface area contributed by atoms with Gasteiger partial charge in [0.15, 0.2) is 0 Å². The van der Waals surface area contributed by atoms with Crippen LogP contribution in [0.25, 0.3) is 0 Å². The van der Waals surface area contributed by atoms with Crippen molar-refractivity contribution in [3.05, 3.63) is 35.9 Å². The van der Waals surface area contributed by atoms with E-state index in [0.29, 0.717) is 12.1 Å². The summed E-state index contributed by atoms with van der Waals surface area (Å²) in [5.74, 6) is -4.09. The van der Waals surface area contributed by atoms with Crippen molar-refractivity contribution in [3.63, 3.8) is 0 Å². The molecule has 0 radical (unpaired) electrons. The van der Waals surface area contributed by atoms with Crippen molar-refractivity contribution in [2.45, 2.75) is 97.4 Å². The average Bonchev–Trinajstić information content (AvgIpc) is 3.90. The second-order valence-corrected chi connectivity index (χ2v) is 16.4. The number of fused-ring (bicyclic) bond motifs is 1. The largest absolute Gasteiger partial charge is 0.347 e. The van der Waals surface area contributed by atoms with Gasteiger partial charge < -0.3 is 36.4 Å². The van der Waals surface area contributed by atoms with Crippen LogP contribution in [0.3, 0.4) is 0 Å². The van der Waals surface area contributed by atoms with Gasteiger partial charge in [-0.25, -0.2) is 4.79 Å². The highest BCUT2D eigenvalue weighted by atomic mass is 16.2. The minimum absolute atomic E-state index is 0.0619. The fourth-order valence-electron chi connectivity index (χ4n) is 7.01. The van der Waals surface area contributed by atoms with E-state index in [1.807, 2.05) is 48.5 Å². The number of ketones is 1. The predicted octanol–water partition coefficient (Wildman–Crippen LogP) is 1.51. The molecule has 0 bridgehead atoms. The van der Waals surface area contributed by atoms with Crippen LogP contribution in [-0.4, -0.2) is 102 Å². The Kier molecular flexibility index (Phi) is 11.9. The molecule has 14 heteroatoms. The minimum atomic E-state index is -1.16. The first-order valence-corrected chi connectivity index (χ1v) is 17.8. The van der Waals surface area contributed by atoms with Crippen molar-refractivity contribution < 1.29 is 33.6 Å². The first-order valence-electron chi connectivity index (χ1n) is 17.8. The molecular formula is C37H55N7O7. The van der Waals surface area contributed by atoms with Gasteiger partial charge in [0.1, 0.15) is 18.1 Å². The second kappa shape index (κ2) is 15.4. The molecule has 51 heavy (non-hydrogen) atoms. The number of urea groups is 1. The number of likely N-dealkylation sites (tertiary alicyclic amines) is 1. The van der Waals surface area contributed by atoms with Crippen molar-refractivity contribution in [1.82, 2.24) is 36.4 Å². The molecule has 2 saturated carbocycles. The molecule has 1 heterocycles. The highest BCUT2D eigenvalue weighted by Gasteiger charge is 2.69. The summed E-state index contributed by atoms with van der Waals surface area (Å²) in [6.07, 6.45) is 1.96. The van der Waals surface area contributed by atoms with Gasteiger partial charge in [0.05, 0.1) is 12.6 Å². The Morgan fingerprint density at radius 1 is 0.941 bits per heavy atom. The molecule has 1 aromatic rings. The van der Waals surface area contributed by atoms with Crippen LogP contribution >= 0.6 is 0 Å². The van der Waals surface area contributed by atoms with Gasteiger partial charge in [-0.2, -0.15) is 0 Å². The number of carbonyl (C=O) groups excluding carboxylic acids is 7. The smallest absolute Gasteiger partial charge is 0.315 e. The van der Waals surface area contributed by atoms with Crippen LogP contribution in [-0.2, 0) is 28.8 Å². The molecule has 0 spiro atoms. The minimum Gasteiger partial charge on any atom is -0.347 e. The number of rotatable bonds is 14. The molecule has 280 valence electrons. The third-order valence-corrected chi connectivity index (χ3v) is 10.1. The average molecular weight is 710 g/mol. The molecule has 1 saturated heterocycles. The van der Waals surface area contributed by atoms with Crippen molar-refractivity contribution >= 4 is 41.4 Å². The molecule has 3 aliphatic rings. The van der Waals surface area contributed by atoms with Gasteiger partial charge in [-0.05, 0) is 61.8 Å². The first kappa shape index (κ1) is 39.3. The number of amides is 7. The van der Waals surface area contributed by atoms with E-state index in [-0.39, 0.29) is 47.3 Å². The summed E-state index contributed by atoms with van der Waals surface area (Å²) in [6, 6.07) is 4.24. The topological polar surface area (TPSA) is 186 Å². The van der Waals surface area contributed by atoms with Gasteiger partial charge in [0, 0.05) is 26.2 Å². The molecule has 1 aromatic carbocycles. The van der Waals surface area contributed by atoms with Crippen molar-refractivity contribution in [1.29, 1.82) is 0 Å². The molecule has 5 N–H and O–H groups in total. The molecule has 0 aromatic heterocycles. The zero-order chi connectivity index (χ0) is 38.0. The zero-order valence-electron chi connectivity index (χ0n) is 31.3. The predicted molar refractivity (Wildman–Crippen MR) is 190 cm³/mol. The van der Waals surface area contributed by atoms with E-state index in [1.54, 1.807) is 44.4 Å². The summed E-state index contributed by atoms with van der Waals surface area (Å²) in [5.41, 5.74) is -0.177. The zero-order valence-corrected chi connectivity index (χ0v) is 31.3. The van der Waals surface area contributed by atoms with E-state index in [2.05, 4.69) is 26.6 Å². The molecule has 4 rings (SSSR count). The number of hydrogen-bond acceptors (Lipinski definition) is 7. The van der Waals surface area contributed by atoms with E-state index >= 15 is 0 Å². The van der Waals surface area contributed by atoms with E-state index in [4.69, 9.17) is 0 Å².